The number of aryl methyl sites for hydroxylation is 1. The Labute approximate surface area is 117 Å². The third kappa shape index (κ3) is 2.98. The maximum Gasteiger partial charge on any atom is 0.268 e. The monoisotopic (exact) mass is 268 g/mol. The van der Waals surface area contributed by atoms with Crippen LogP contribution in [0.25, 0.3) is 0 Å². The molecular formula is C15H16N4O. The lowest BCUT2D eigenvalue weighted by Crippen LogP contribution is -2.25. The highest BCUT2D eigenvalue weighted by molar-refractivity contribution is 5.93. The van der Waals surface area contributed by atoms with Gasteiger partial charge in [0.2, 0.25) is 0 Å². The van der Waals surface area contributed by atoms with Crippen LogP contribution in [0.5, 0.6) is 0 Å². The van der Waals surface area contributed by atoms with Gasteiger partial charge < -0.3 is 15.6 Å². The highest BCUT2D eigenvalue weighted by atomic mass is 16.1. The van der Waals surface area contributed by atoms with Gasteiger partial charge in [0.25, 0.3) is 5.91 Å². The van der Waals surface area contributed by atoms with E-state index in [0.29, 0.717) is 30.0 Å². The molecule has 5 nitrogen and oxygen atoms in total. The zero-order valence-corrected chi connectivity index (χ0v) is 11.3. The first kappa shape index (κ1) is 13.7. The number of nitrogens with two attached hydrogens (primary N) is 1. The number of amides is 1. The lowest BCUT2D eigenvalue weighted by atomic mass is 10.1. The van der Waals surface area contributed by atoms with Crippen LogP contribution in [0.1, 0.15) is 28.5 Å². The Bertz CT molecular complexity index is 650. The zero-order valence-electron chi connectivity index (χ0n) is 11.3. The van der Waals surface area contributed by atoms with E-state index in [-0.39, 0.29) is 5.91 Å². The summed E-state index contributed by atoms with van der Waals surface area (Å²) in [5.74, 6) is -0.159. The van der Waals surface area contributed by atoms with Gasteiger partial charge in [0.15, 0.2) is 0 Å². The first-order valence-electron chi connectivity index (χ1n) is 6.37. The number of hydrogen-bond acceptors (Lipinski definition) is 3. The van der Waals surface area contributed by atoms with Crippen molar-refractivity contribution in [3.63, 3.8) is 0 Å². The van der Waals surface area contributed by atoms with Crippen LogP contribution in [0.2, 0.25) is 0 Å². The van der Waals surface area contributed by atoms with Crippen molar-refractivity contribution < 1.29 is 4.79 Å². The van der Waals surface area contributed by atoms with Gasteiger partial charge >= 0.3 is 0 Å². The topological polar surface area (TPSA) is 83.8 Å². The van der Waals surface area contributed by atoms with Gasteiger partial charge in [-0.3, -0.25) is 4.79 Å². The van der Waals surface area contributed by atoms with Gasteiger partial charge in [-0.1, -0.05) is 12.1 Å². The number of aromatic nitrogens is 1. The number of carbonyl (C=O) groups excluding carboxylic acids is 1. The molecule has 0 unspecified atom stereocenters. The van der Waals surface area contributed by atoms with Crippen LogP contribution in [-0.4, -0.2) is 10.5 Å². The zero-order chi connectivity index (χ0) is 14.5. The first-order chi connectivity index (χ1) is 9.63. The van der Waals surface area contributed by atoms with Crippen molar-refractivity contribution in [3.05, 3.63) is 53.3 Å². The molecule has 2 aromatic rings. The Hall–Kier alpha value is -2.74. The number of rotatable bonds is 4. The third-order valence-corrected chi connectivity index (χ3v) is 3.03. The highest BCUT2D eigenvalue weighted by Gasteiger charge is 2.11. The lowest BCUT2D eigenvalue weighted by Gasteiger charge is -2.07. The summed E-state index contributed by atoms with van der Waals surface area (Å²) < 4.78 is 1.81. The van der Waals surface area contributed by atoms with E-state index >= 15 is 0 Å². The van der Waals surface area contributed by atoms with Crippen molar-refractivity contribution in [1.29, 1.82) is 5.26 Å². The lowest BCUT2D eigenvalue weighted by molar-refractivity contribution is 0.0942. The molecule has 20 heavy (non-hydrogen) atoms. The fourth-order valence-corrected chi connectivity index (χ4v) is 1.96. The summed E-state index contributed by atoms with van der Waals surface area (Å²) in [7, 11) is 0. The molecule has 0 aliphatic heterocycles. The highest BCUT2D eigenvalue weighted by Crippen LogP contribution is 2.11. The molecule has 1 heterocycles. The quantitative estimate of drug-likeness (QED) is 0.888. The molecule has 0 saturated heterocycles. The Morgan fingerprint density at radius 2 is 2.10 bits per heavy atom. The van der Waals surface area contributed by atoms with Gasteiger partial charge in [-0.2, -0.15) is 5.26 Å². The number of nitriles is 1. The van der Waals surface area contributed by atoms with Crippen molar-refractivity contribution in [2.45, 2.75) is 20.0 Å². The number of carbonyl (C=O) groups is 1. The molecule has 1 aromatic heterocycles. The summed E-state index contributed by atoms with van der Waals surface area (Å²) >= 11 is 0. The van der Waals surface area contributed by atoms with Gasteiger partial charge in [0.1, 0.15) is 5.69 Å². The molecule has 2 rings (SSSR count). The molecule has 0 atom stereocenters. The Balaban J connectivity index is 2.02. The number of nitrogen functional groups attached to an aromatic ring is 1. The summed E-state index contributed by atoms with van der Waals surface area (Å²) in [6.07, 6.45) is 1.75. The molecule has 0 aliphatic carbocycles. The van der Waals surface area contributed by atoms with Crippen molar-refractivity contribution in [1.82, 2.24) is 9.88 Å². The van der Waals surface area contributed by atoms with E-state index in [1.807, 2.05) is 23.6 Å². The molecule has 0 saturated carbocycles. The fraction of sp³-hybridized carbons (Fsp3) is 0.200. The van der Waals surface area contributed by atoms with Gasteiger partial charge in [0.05, 0.1) is 17.3 Å². The molecule has 3 N–H and O–H groups in total. The van der Waals surface area contributed by atoms with Crippen molar-refractivity contribution in [2.24, 2.45) is 0 Å². The average Bonchev–Trinajstić information content (AvgIpc) is 2.86. The standard InChI is InChI=1S/C15H16N4O/c1-2-19-10-13(17)7-14(19)15(20)18-9-12-5-3-11(8-16)4-6-12/h3-7,10H,2,9,17H2,1H3,(H,18,20). The van der Waals surface area contributed by atoms with Crippen LogP contribution >= 0.6 is 0 Å². The number of benzene rings is 1. The predicted octanol–water partition coefficient (Wildman–Crippen LogP) is 1.89. The van der Waals surface area contributed by atoms with Crippen LogP contribution in [0.4, 0.5) is 5.69 Å². The molecule has 102 valence electrons. The van der Waals surface area contributed by atoms with Gasteiger partial charge in [0, 0.05) is 19.3 Å². The largest absolute Gasteiger partial charge is 0.397 e. The van der Waals surface area contributed by atoms with E-state index in [9.17, 15) is 4.79 Å². The van der Waals surface area contributed by atoms with Crippen molar-refractivity contribution >= 4 is 11.6 Å². The minimum Gasteiger partial charge on any atom is -0.397 e. The van der Waals surface area contributed by atoms with E-state index in [4.69, 9.17) is 11.0 Å². The third-order valence-electron chi connectivity index (χ3n) is 3.03. The Kier molecular flexibility index (Phi) is 4.06. The van der Waals surface area contributed by atoms with Gasteiger partial charge in [-0.25, -0.2) is 0 Å². The van der Waals surface area contributed by atoms with Crippen LogP contribution < -0.4 is 11.1 Å². The summed E-state index contributed by atoms with van der Waals surface area (Å²) in [6, 6.07) is 10.8. The van der Waals surface area contributed by atoms with Crippen LogP contribution in [0, 0.1) is 11.3 Å². The van der Waals surface area contributed by atoms with E-state index in [0.717, 1.165) is 5.56 Å². The van der Waals surface area contributed by atoms with Gasteiger partial charge in [-0.15, -0.1) is 0 Å². The van der Waals surface area contributed by atoms with E-state index in [1.165, 1.54) is 0 Å². The molecule has 1 amide bonds. The number of nitrogens with one attached hydrogen (secondary N) is 1. The SMILES string of the molecule is CCn1cc(N)cc1C(=O)NCc1ccc(C#N)cc1. The van der Waals surface area contributed by atoms with Crippen LogP contribution in [-0.2, 0) is 13.1 Å². The Morgan fingerprint density at radius 3 is 2.70 bits per heavy atom. The molecule has 0 spiro atoms. The second kappa shape index (κ2) is 5.93. The Morgan fingerprint density at radius 1 is 1.40 bits per heavy atom. The first-order valence-corrected chi connectivity index (χ1v) is 6.37. The van der Waals surface area contributed by atoms with E-state index in [1.54, 1.807) is 24.4 Å². The maximum atomic E-state index is 12.1. The normalized spacial score (nSPS) is 10.0. The molecular weight excluding hydrogens is 252 g/mol. The molecule has 1 aromatic carbocycles. The van der Waals surface area contributed by atoms with Crippen molar-refractivity contribution in [3.8, 4) is 6.07 Å². The smallest absolute Gasteiger partial charge is 0.268 e. The minimum atomic E-state index is -0.159. The second-order valence-corrected chi connectivity index (χ2v) is 4.44. The summed E-state index contributed by atoms with van der Waals surface area (Å²) in [5, 5.41) is 11.6. The second-order valence-electron chi connectivity index (χ2n) is 4.44. The van der Waals surface area contributed by atoms with Crippen LogP contribution in [0.15, 0.2) is 36.5 Å². The average molecular weight is 268 g/mol. The minimum absolute atomic E-state index is 0.159. The number of hydrogen-bond donors (Lipinski definition) is 2. The molecule has 0 bridgehead atoms. The van der Waals surface area contributed by atoms with E-state index < -0.39 is 0 Å². The summed E-state index contributed by atoms with van der Waals surface area (Å²) in [5.41, 5.74) is 8.38. The number of anilines is 1. The molecule has 0 fully saturated rings. The van der Waals surface area contributed by atoms with E-state index in [2.05, 4.69) is 11.4 Å². The maximum absolute atomic E-state index is 12.1. The van der Waals surface area contributed by atoms with Gasteiger partial charge in [-0.05, 0) is 30.7 Å². The summed E-state index contributed by atoms with van der Waals surface area (Å²) in [4.78, 5) is 12.1. The van der Waals surface area contributed by atoms with Crippen LogP contribution in [0.3, 0.4) is 0 Å². The summed E-state index contributed by atoms with van der Waals surface area (Å²) in [6.45, 7) is 3.06. The number of nitrogens with zero attached hydrogens (tertiary/aromatic N) is 2. The fourth-order valence-electron chi connectivity index (χ4n) is 1.96. The molecule has 0 radical (unpaired) electrons. The molecule has 0 aliphatic rings. The predicted molar refractivity (Wildman–Crippen MR) is 76.8 cm³/mol. The molecule has 5 heteroatoms. The van der Waals surface area contributed by atoms with Crippen molar-refractivity contribution in [2.75, 3.05) is 5.73 Å².